The average Bonchev–Trinajstić information content (AvgIpc) is 3.48. The second-order valence-electron chi connectivity index (χ2n) is 11.1. The van der Waals surface area contributed by atoms with Crippen LogP contribution in [0.15, 0.2) is 36.9 Å². The van der Waals surface area contributed by atoms with Crippen molar-refractivity contribution in [3.8, 4) is 0 Å². The van der Waals surface area contributed by atoms with Crippen LogP contribution in [0.5, 0.6) is 0 Å². The van der Waals surface area contributed by atoms with E-state index in [0.717, 1.165) is 18.8 Å². The summed E-state index contributed by atoms with van der Waals surface area (Å²) in [6, 6.07) is 6.35. The van der Waals surface area contributed by atoms with Crippen LogP contribution in [0.4, 0.5) is 11.4 Å². The van der Waals surface area contributed by atoms with E-state index in [1.54, 1.807) is 15.9 Å². The molecule has 0 aliphatic carbocycles. The number of anilines is 2. The second-order valence-corrected chi connectivity index (χ2v) is 12.6. The number of carbonyl (C=O) groups excluding carboxylic acids is 2. The SMILES string of the molecule is C=CCN(C(=O)C1N([C@@H](CO)C(C)C)C(=O)[C@@H]2[C@@H](C(=O)O)[C@H]3CC(C)C12S3)c1ccc(N(CC)CC)cc1. The quantitative estimate of drug-likeness (QED) is 0.412. The van der Waals surface area contributed by atoms with Gasteiger partial charge in [-0.3, -0.25) is 14.4 Å². The van der Waals surface area contributed by atoms with Gasteiger partial charge in [-0.05, 0) is 56.4 Å². The number of benzene rings is 1. The first kappa shape index (κ1) is 28.5. The van der Waals surface area contributed by atoms with Crippen molar-refractivity contribution >= 4 is 40.9 Å². The number of rotatable bonds is 11. The highest BCUT2D eigenvalue weighted by molar-refractivity contribution is 8.02. The molecule has 208 valence electrons. The fraction of sp³-hybridized carbons (Fsp3) is 0.621. The van der Waals surface area contributed by atoms with Crippen molar-refractivity contribution in [1.82, 2.24) is 4.90 Å². The Hall–Kier alpha value is -2.52. The fourth-order valence-corrected chi connectivity index (χ4v) is 9.43. The molecular formula is C29H41N3O5S. The third-order valence-electron chi connectivity index (χ3n) is 8.88. The summed E-state index contributed by atoms with van der Waals surface area (Å²) in [6.45, 7) is 15.6. The summed E-state index contributed by atoms with van der Waals surface area (Å²) in [5.41, 5.74) is 1.76. The van der Waals surface area contributed by atoms with Crippen LogP contribution in [0.25, 0.3) is 0 Å². The molecule has 3 aliphatic heterocycles. The Morgan fingerprint density at radius 3 is 2.32 bits per heavy atom. The lowest BCUT2D eigenvalue weighted by atomic mass is 9.66. The van der Waals surface area contributed by atoms with Gasteiger partial charge in [0.15, 0.2) is 0 Å². The number of amides is 2. The normalized spacial score (nSPS) is 30.4. The van der Waals surface area contributed by atoms with Crippen molar-refractivity contribution < 1.29 is 24.6 Å². The van der Waals surface area contributed by atoms with E-state index in [-0.39, 0.29) is 42.1 Å². The number of likely N-dealkylation sites (tertiary alicyclic amines) is 1. The van der Waals surface area contributed by atoms with Gasteiger partial charge in [0, 0.05) is 36.3 Å². The largest absolute Gasteiger partial charge is 0.481 e. The third-order valence-corrected chi connectivity index (χ3v) is 11.0. The first-order chi connectivity index (χ1) is 18.1. The summed E-state index contributed by atoms with van der Waals surface area (Å²) < 4.78 is -0.856. The van der Waals surface area contributed by atoms with Gasteiger partial charge in [0.1, 0.15) is 6.04 Å². The van der Waals surface area contributed by atoms with Crippen molar-refractivity contribution in [3.05, 3.63) is 36.9 Å². The monoisotopic (exact) mass is 543 g/mol. The number of hydrogen-bond acceptors (Lipinski definition) is 6. The molecule has 1 aromatic rings. The molecule has 2 N–H and O–H groups in total. The molecule has 4 rings (SSSR count). The summed E-state index contributed by atoms with van der Waals surface area (Å²) in [5, 5.41) is 20.3. The van der Waals surface area contributed by atoms with E-state index in [2.05, 4.69) is 25.3 Å². The molecule has 38 heavy (non-hydrogen) atoms. The second kappa shape index (κ2) is 10.9. The van der Waals surface area contributed by atoms with E-state index in [4.69, 9.17) is 0 Å². The summed E-state index contributed by atoms with van der Waals surface area (Å²) in [4.78, 5) is 46.6. The Kier molecular flexibility index (Phi) is 8.19. The van der Waals surface area contributed by atoms with Crippen molar-refractivity contribution in [2.24, 2.45) is 23.7 Å². The molecule has 3 unspecified atom stereocenters. The number of aliphatic hydroxyl groups is 1. The van der Waals surface area contributed by atoms with Crippen LogP contribution in [0, 0.1) is 23.7 Å². The molecule has 1 aromatic carbocycles. The molecule has 3 saturated heterocycles. The number of thioether (sulfide) groups is 1. The number of carbonyl (C=O) groups is 3. The predicted molar refractivity (Wildman–Crippen MR) is 151 cm³/mol. The molecule has 8 nitrogen and oxygen atoms in total. The first-order valence-electron chi connectivity index (χ1n) is 13.7. The molecule has 3 heterocycles. The molecule has 9 heteroatoms. The maximum Gasteiger partial charge on any atom is 0.308 e. The van der Waals surface area contributed by atoms with Gasteiger partial charge in [0.2, 0.25) is 5.91 Å². The zero-order valence-electron chi connectivity index (χ0n) is 23.0. The van der Waals surface area contributed by atoms with E-state index < -0.39 is 34.6 Å². The van der Waals surface area contributed by atoms with E-state index in [1.165, 1.54) is 11.8 Å². The van der Waals surface area contributed by atoms with Crippen LogP contribution >= 0.6 is 11.8 Å². The molecule has 3 aliphatic rings. The number of aliphatic carboxylic acids is 1. The van der Waals surface area contributed by atoms with Gasteiger partial charge in [-0.2, -0.15) is 0 Å². The highest BCUT2D eigenvalue weighted by Crippen LogP contribution is 2.69. The summed E-state index contributed by atoms with van der Waals surface area (Å²) in [5.74, 6) is -3.32. The standard InChI is InChI=1S/C29H41N3O5S/c1-7-14-31(20-12-10-19(11-13-20)30(8-2)9-3)27(35)25-29-18(6)15-22(38-29)23(28(36)37)24(29)26(34)32(25)21(16-33)17(4)5/h7,10-13,17-18,21-25,33H,1,8-9,14-16H2,2-6H3,(H,36,37)/t18?,21-,22+,23-,24-,25?,29?/m0/s1. The van der Waals surface area contributed by atoms with Gasteiger partial charge in [0.05, 0.1) is 29.2 Å². The average molecular weight is 544 g/mol. The maximum atomic E-state index is 14.6. The van der Waals surface area contributed by atoms with Crippen LogP contribution in [-0.4, -0.2) is 81.2 Å². The number of fused-ring (bicyclic) bond motifs is 1. The number of carboxylic acid groups (broad SMARTS) is 1. The van der Waals surface area contributed by atoms with Gasteiger partial charge in [-0.15, -0.1) is 18.3 Å². The number of carboxylic acids is 1. The number of nitrogens with zero attached hydrogens (tertiary/aromatic N) is 3. The van der Waals surface area contributed by atoms with E-state index in [9.17, 15) is 24.6 Å². The Morgan fingerprint density at radius 2 is 1.82 bits per heavy atom. The van der Waals surface area contributed by atoms with Gasteiger partial charge >= 0.3 is 5.97 Å². The molecule has 0 aromatic heterocycles. The summed E-state index contributed by atoms with van der Waals surface area (Å²) >= 11 is 1.52. The zero-order chi connectivity index (χ0) is 27.9. The maximum absolute atomic E-state index is 14.6. The molecule has 1 spiro atoms. The van der Waals surface area contributed by atoms with Gasteiger partial charge in [-0.1, -0.05) is 26.8 Å². The van der Waals surface area contributed by atoms with Gasteiger partial charge < -0.3 is 24.9 Å². The van der Waals surface area contributed by atoms with Crippen molar-refractivity contribution in [2.45, 2.75) is 63.1 Å². The van der Waals surface area contributed by atoms with Crippen LogP contribution in [-0.2, 0) is 14.4 Å². The number of hydrogen-bond donors (Lipinski definition) is 2. The van der Waals surface area contributed by atoms with Gasteiger partial charge in [0.25, 0.3) is 5.91 Å². The van der Waals surface area contributed by atoms with Gasteiger partial charge in [-0.25, -0.2) is 0 Å². The minimum absolute atomic E-state index is 0.0249. The Balaban J connectivity index is 1.82. The minimum atomic E-state index is -0.984. The minimum Gasteiger partial charge on any atom is -0.481 e. The first-order valence-corrected chi connectivity index (χ1v) is 14.6. The van der Waals surface area contributed by atoms with Crippen LogP contribution in [0.1, 0.15) is 41.0 Å². The van der Waals surface area contributed by atoms with Crippen molar-refractivity contribution in [2.75, 3.05) is 36.0 Å². The molecule has 2 bridgehead atoms. The Labute approximate surface area is 230 Å². The van der Waals surface area contributed by atoms with E-state index in [0.29, 0.717) is 12.1 Å². The lowest BCUT2D eigenvalue weighted by molar-refractivity contribution is -0.150. The summed E-state index contributed by atoms with van der Waals surface area (Å²) in [7, 11) is 0. The van der Waals surface area contributed by atoms with Crippen LogP contribution in [0.3, 0.4) is 0 Å². The highest BCUT2D eigenvalue weighted by atomic mass is 32.2. The van der Waals surface area contributed by atoms with Crippen molar-refractivity contribution in [3.63, 3.8) is 0 Å². The molecule has 7 atom stereocenters. The lowest BCUT2D eigenvalue weighted by Gasteiger charge is -2.42. The van der Waals surface area contributed by atoms with E-state index >= 15 is 0 Å². The Morgan fingerprint density at radius 1 is 1.21 bits per heavy atom. The molecule has 0 radical (unpaired) electrons. The molecule has 2 amide bonds. The smallest absolute Gasteiger partial charge is 0.308 e. The van der Waals surface area contributed by atoms with Crippen LogP contribution < -0.4 is 9.80 Å². The lowest BCUT2D eigenvalue weighted by Crippen LogP contribution is -2.60. The number of aliphatic hydroxyl groups excluding tert-OH is 1. The topological polar surface area (TPSA) is 101 Å². The third kappa shape index (κ3) is 4.22. The predicted octanol–water partition coefficient (Wildman–Crippen LogP) is 3.49. The molecule has 0 saturated carbocycles. The Bertz CT molecular complexity index is 1070. The highest BCUT2D eigenvalue weighted by Gasteiger charge is 2.77. The van der Waals surface area contributed by atoms with Crippen LogP contribution in [0.2, 0.25) is 0 Å². The fourth-order valence-electron chi connectivity index (χ4n) is 7.03. The van der Waals surface area contributed by atoms with Crippen molar-refractivity contribution in [1.29, 1.82) is 0 Å². The van der Waals surface area contributed by atoms with E-state index in [1.807, 2.05) is 45.0 Å². The molecule has 3 fully saturated rings. The molecular weight excluding hydrogens is 502 g/mol. The zero-order valence-corrected chi connectivity index (χ0v) is 23.9. The summed E-state index contributed by atoms with van der Waals surface area (Å²) in [6.07, 6.45) is 2.32.